The molecule has 3 aromatic carbocycles. The normalized spacial score (nSPS) is 14.1. The Morgan fingerprint density at radius 1 is 1.03 bits per heavy atom. The Balaban J connectivity index is 1.52. The van der Waals surface area contributed by atoms with E-state index in [1.54, 1.807) is 38.3 Å². The molecule has 1 aliphatic rings. The van der Waals surface area contributed by atoms with Crippen molar-refractivity contribution in [2.45, 2.75) is 11.4 Å². The van der Waals surface area contributed by atoms with Crippen LogP contribution in [0.4, 0.5) is 5.69 Å². The Morgan fingerprint density at radius 2 is 1.79 bits per heavy atom. The number of likely N-dealkylation sites (N-methyl/N-ethyl adjacent to an activating group) is 1. The lowest BCUT2D eigenvalue weighted by molar-refractivity contribution is -0.114. The number of methoxy groups -OCH3 is 2. The molecule has 0 bridgehead atoms. The number of nitrogens with zero attached hydrogens (tertiary/aromatic N) is 1. The van der Waals surface area contributed by atoms with Crippen LogP contribution in [0.5, 0.6) is 11.5 Å². The molecule has 0 spiro atoms. The van der Waals surface area contributed by atoms with E-state index in [1.165, 1.54) is 11.8 Å². The summed E-state index contributed by atoms with van der Waals surface area (Å²) in [4.78, 5) is 28.9. The second-order valence-electron chi connectivity index (χ2n) is 7.43. The van der Waals surface area contributed by atoms with Crippen molar-refractivity contribution >= 4 is 35.3 Å². The fourth-order valence-electron chi connectivity index (χ4n) is 3.51. The quantitative estimate of drug-likeness (QED) is 0.538. The van der Waals surface area contributed by atoms with Gasteiger partial charge in [0.05, 0.1) is 24.8 Å². The summed E-state index contributed by atoms with van der Waals surface area (Å²) in [6, 6.07) is 20.5. The van der Waals surface area contributed by atoms with Gasteiger partial charge in [0.15, 0.2) is 0 Å². The minimum atomic E-state index is -0.214. The van der Waals surface area contributed by atoms with E-state index in [0.29, 0.717) is 22.7 Å². The smallest absolute Gasteiger partial charge is 0.264 e. The number of carbonyl (C=O) groups excluding carboxylic acids is 2. The molecular weight excluding hydrogens is 436 g/mol. The molecule has 7 heteroatoms. The highest BCUT2D eigenvalue weighted by atomic mass is 32.2. The second kappa shape index (κ2) is 9.83. The number of ether oxygens (including phenoxy) is 2. The zero-order valence-electron chi connectivity index (χ0n) is 18.6. The highest BCUT2D eigenvalue weighted by molar-refractivity contribution is 8.04. The van der Waals surface area contributed by atoms with Crippen LogP contribution >= 0.6 is 11.8 Å². The summed E-state index contributed by atoms with van der Waals surface area (Å²) in [6.45, 7) is 0.345. The van der Waals surface area contributed by atoms with Crippen LogP contribution < -0.4 is 19.7 Å². The Hall–Kier alpha value is -3.71. The topological polar surface area (TPSA) is 67.9 Å². The number of nitrogens with one attached hydrogen (secondary N) is 1. The predicted molar refractivity (Wildman–Crippen MR) is 131 cm³/mol. The third kappa shape index (κ3) is 4.88. The lowest BCUT2D eigenvalue weighted by Crippen LogP contribution is -2.31. The zero-order chi connectivity index (χ0) is 23.4. The zero-order valence-corrected chi connectivity index (χ0v) is 19.4. The van der Waals surface area contributed by atoms with Gasteiger partial charge in [0.1, 0.15) is 11.5 Å². The largest absolute Gasteiger partial charge is 0.497 e. The Bertz CT molecular complexity index is 1220. The Kier molecular flexibility index (Phi) is 6.70. The van der Waals surface area contributed by atoms with Crippen LogP contribution in [0.2, 0.25) is 0 Å². The lowest BCUT2D eigenvalue weighted by atomic mass is 10.1. The third-order valence-corrected chi connectivity index (χ3v) is 6.44. The maximum absolute atomic E-state index is 13.0. The number of carbonyl (C=O) groups is 2. The molecule has 0 saturated carbocycles. The molecule has 0 radical (unpaired) electrons. The van der Waals surface area contributed by atoms with Gasteiger partial charge in [0, 0.05) is 29.6 Å². The van der Waals surface area contributed by atoms with Gasteiger partial charge in [-0.25, -0.2) is 0 Å². The standard InChI is InChI=1S/C26H24N2O4S/c1-28-21-15-18(25(29)27-16-19-6-4-5-7-22(19)32-3)10-13-23(21)33-24(26(28)30)14-17-8-11-20(31-2)12-9-17/h4-15H,16H2,1-3H3,(H,27,29)/b24-14-. The Morgan fingerprint density at radius 3 is 2.52 bits per heavy atom. The molecule has 6 nitrogen and oxygen atoms in total. The number of fused-ring (bicyclic) bond motifs is 1. The van der Waals surface area contributed by atoms with Crippen LogP contribution in [-0.2, 0) is 11.3 Å². The average Bonchev–Trinajstić information content (AvgIpc) is 2.86. The summed E-state index contributed by atoms with van der Waals surface area (Å²) in [5.74, 6) is 1.16. The molecule has 0 aromatic heterocycles. The van der Waals surface area contributed by atoms with Gasteiger partial charge in [-0.2, -0.15) is 0 Å². The summed E-state index contributed by atoms with van der Waals surface area (Å²) in [6.07, 6.45) is 1.86. The van der Waals surface area contributed by atoms with E-state index in [2.05, 4.69) is 5.32 Å². The average molecular weight is 461 g/mol. The highest BCUT2D eigenvalue weighted by Crippen LogP contribution is 2.42. The van der Waals surface area contributed by atoms with E-state index in [4.69, 9.17) is 9.47 Å². The first-order chi connectivity index (χ1) is 16.0. The van der Waals surface area contributed by atoms with E-state index in [-0.39, 0.29) is 11.8 Å². The van der Waals surface area contributed by atoms with E-state index in [9.17, 15) is 9.59 Å². The number of amides is 2. The van der Waals surface area contributed by atoms with Crippen LogP contribution in [0.15, 0.2) is 76.5 Å². The SMILES string of the molecule is COc1ccc(/C=C2\Sc3ccc(C(=O)NCc4ccccc4OC)cc3N(C)C2=O)cc1. The van der Waals surface area contributed by atoms with Crippen LogP contribution in [0, 0.1) is 0 Å². The molecule has 1 N–H and O–H groups in total. The lowest BCUT2D eigenvalue weighted by Gasteiger charge is -2.27. The van der Waals surface area contributed by atoms with Gasteiger partial charge in [-0.1, -0.05) is 42.1 Å². The van der Waals surface area contributed by atoms with Crippen molar-refractivity contribution in [3.8, 4) is 11.5 Å². The van der Waals surface area contributed by atoms with Gasteiger partial charge >= 0.3 is 0 Å². The van der Waals surface area contributed by atoms with Gasteiger partial charge in [-0.3, -0.25) is 9.59 Å². The van der Waals surface area contributed by atoms with Gasteiger partial charge in [-0.15, -0.1) is 0 Å². The van der Waals surface area contributed by atoms with Crippen molar-refractivity contribution in [2.75, 3.05) is 26.2 Å². The van der Waals surface area contributed by atoms with Gasteiger partial charge in [-0.05, 0) is 48.0 Å². The molecular formula is C26H24N2O4S. The number of thioether (sulfide) groups is 1. The molecule has 0 saturated heterocycles. The third-order valence-electron chi connectivity index (χ3n) is 5.36. The predicted octanol–water partition coefficient (Wildman–Crippen LogP) is 4.74. The molecule has 0 aliphatic carbocycles. The summed E-state index contributed by atoms with van der Waals surface area (Å²) >= 11 is 1.40. The van der Waals surface area contributed by atoms with Crippen molar-refractivity contribution in [1.29, 1.82) is 0 Å². The molecule has 1 heterocycles. The number of benzene rings is 3. The number of para-hydroxylation sites is 1. The number of hydrogen-bond acceptors (Lipinski definition) is 5. The van der Waals surface area contributed by atoms with Crippen molar-refractivity contribution in [3.63, 3.8) is 0 Å². The van der Waals surface area contributed by atoms with Crippen molar-refractivity contribution in [3.05, 3.63) is 88.3 Å². The summed E-state index contributed by atoms with van der Waals surface area (Å²) < 4.78 is 10.5. The first kappa shape index (κ1) is 22.5. The molecule has 3 aromatic rings. The fourth-order valence-corrected chi connectivity index (χ4v) is 4.61. The van der Waals surface area contributed by atoms with E-state index in [0.717, 1.165) is 27.5 Å². The summed E-state index contributed by atoms with van der Waals surface area (Å²) in [5, 5.41) is 2.92. The molecule has 33 heavy (non-hydrogen) atoms. The number of anilines is 1. The van der Waals surface area contributed by atoms with Gasteiger partial charge in [0.2, 0.25) is 0 Å². The van der Waals surface area contributed by atoms with E-state index < -0.39 is 0 Å². The molecule has 2 amide bonds. The van der Waals surface area contributed by atoms with Crippen molar-refractivity contribution < 1.29 is 19.1 Å². The highest BCUT2D eigenvalue weighted by Gasteiger charge is 2.27. The molecule has 0 atom stereocenters. The van der Waals surface area contributed by atoms with Crippen LogP contribution in [0.1, 0.15) is 21.5 Å². The number of hydrogen-bond donors (Lipinski definition) is 1. The van der Waals surface area contributed by atoms with Crippen molar-refractivity contribution in [1.82, 2.24) is 5.32 Å². The molecule has 0 unspecified atom stereocenters. The summed E-state index contributed by atoms with van der Waals surface area (Å²) in [5.41, 5.74) is 3.01. The van der Waals surface area contributed by atoms with Crippen LogP contribution in [0.25, 0.3) is 6.08 Å². The van der Waals surface area contributed by atoms with E-state index >= 15 is 0 Å². The Labute approximate surface area is 197 Å². The van der Waals surface area contributed by atoms with Crippen LogP contribution in [0.3, 0.4) is 0 Å². The van der Waals surface area contributed by atoms with E-state index in [1.807, 2.05) is 60.7 Å². The maximum Gasteiger partial charge on any atom is 0.264 e. The van der Waals surface area contributed by atoms with Gasteiger partial charge < -0.3 is 19.7 Å². The first-order valence-corrected chi connectivity index (χ1v) is 11.2. The summed E-state index contributed by atoms with van der Waals surface area (Å²) in [7, 11) is 4.94. The van der Waals surface area contributed by atoms with Gasteiger partial charge in [0.25, 0.3) is 11.8 Å². The fraction of sp³-hybridized carbons (Fsp3) is 0.154. The molecule has 4 rings (SSSR count). The minimum absolute atomic E-state index is 0.116. The minimum Gasteiger partial charge on any atom is -0.497 e. The number of rotatable bonds is 6. The second-order valence-corrected chi connectivity index (χ2v) is 8.51. The van der Waals surface area contributed by atoms with Crippen molar-refractivity contribution in [2.24, 2.45) is 0 Å². The molecule has 1 aliphatic heterocycles. The molecule has 168 valence electrons. The monoisotopic (exact) mass is 460 g/mol. The molecule has 0 fully saturated rings. The first-order valence-electron chi connectivity index (χ1n) is 10.4. The van der Waals surface area contributed by atoms with Crippen LogP contribution in [-0.4, -0.2) is 33.1 Å². The maximum atomic E-state index is 13.0.